The Hall–Kier alpha value is -0.200. The third-order valence-corrected chi connectivity index (χ3v) is 2.14. The van der Waals surface area contributed by atoms with Gasteiger partial charge in [-0.05, 0) is 0 Å². The largest absolute Gasteiger partial charge is 0.395 e. The van der Waals surface area contributed by atoms with E-state index in [0.717, 1.165) is 32.7 Å². The van der Waals surface area contributed by atoms with Crippen molar-refractivity contribution in [3.63, 3.8) is 0 Å². The summed E-state index contributed by atoms with van der Waals surface area (Å²) in [5.74, 6) is 0. The SMILES string of the molecule is NCCON1CCN(CCO)CC1. The molecule has 1 saturated heterocycles. The molecule has 78 valence electrons. The highest BCUT2D eigenvalue weighted by atomic mass is 16.7. The van der Waals surface area contributed by atoms with Gasteiger partial charge in [-0.1, -0.05) is 0 Å². The molecule has 1 aliphatic heterocycles. The fraction of sp³-hybridized carbons (Fsp3) is 1.00. The van der Waals surface area contributed by atoms with Gasteiger partial charge in [0.05, 0.1) is 13.2 Å². The molecule has 0 aromatic carbocycles. The molecule has 13 heavy (non-hydrogen) atoms. The molecule has 0 aromatic rings. The summed E-state index contributed by atoms with van der Waals surface area (Å²) in [6, 6.07) is 0. The summed E-state index contributed by atoms with van der Waals surface area (Å²) in [4.78, 5) is 7.60. The zero-order valence-corrected chi connectivity index (χ0v) is 7.98. The Labute approximate surface area is 79.0 Å². The van der Waals surface area contributed by atoms with E-state index in [2.05, 4.69) is 4.90 Å². The van der Waals surface area contributed by atoms with Crippen LogP contribution in [-0.2, 0) is 4.84 Å². The van der Waals surface area contributed by atoms with Crippen molar-refractivity contribution in [2.75, 3.05) is 52.5 Å². The third-order valence-electron chi connectivity index (χ3n) is 2.14. The summed E-state index contributed by atoms with van der Waals surface area (Å²) in [5, 5.41) is 10.7. The van der Waals surface area contributed by atoms with Crippen molar-refractivity contribution in [3.05, 3.63) is 0 Å². The molecule has 1 fully saturated rings. The lowest BCUT2D eigenvalue weighted by molar-refractivity contribution is -0.174. The van der Waals surface area contributed by atoms with E-state index >= 15 is 0 Å². The monoisotopic (exact) mass is 189 g/mol. The number of hydrogen-bond acceptors (Lipinski definition) is 5. The third kappa shape index (κ3) is 4.02. The number of rotatable bonds is 5. The number of aliphatic hydroxyl groups excluding tert-OH is 1. The topological polar surface area (TPSA) is 62.0 Å². The van der Waals surface area contributed by atoms with Gasteiger partial charge < -0.3 is 10.8 Å². The minimum atomic E-state index is 0.240. The molecule has 1 aliphatic rings. The number of β-amino-alcohol motifs (C(OH)–C–C–N with tert-alkyl or cyclic N) is 1. The van der Waals surface area contributed by atoms with Crippen LogP contribution in [0.2, 0.25) is 0 Å². The van der Waals surface area contributed by atoms with Crippen LogP contribution in [0.4, 0.5) is 0 Å². The Balaban J connectivity index is 2.08. The van der Waals surface area contributed by atoms with Gasteiger partial charge in [-0.2, -0.15) is 5.06 Å². The first-order valence-corrected chi connectivity index (χ1v) is 4.78. The zero-order chi connectivity index (χ0) is 9.52. The van der Waals surface area contributed by atoms with Crippen molar-refractivity contribution in [1.29, 1.82) is 0 Å². The van der Waals surface area contributed by atoms with Crippen LogP contribution in [0.5, 0.6) is 0 Å². The molecule has 0 amide bonds. The maximum atomic E-state index is 8.72. The highest BCUT2D eigenvalue weighted by Gasteiger charge is 2.15. The molecule has 0 spiro atoms. The van der Waals surface area contributed by atoms with E-state index in [1.54, 1.807) is 0 Å². The van der Waals surface area contributed by atoms with Crippen LogP contribution in [0.3, 0.4) is 0 Å². The first-order chi connectivity index (χ1) is 6.36. The summed E-state index contributed by atoms with van der Waals surface area (Å²) in [6.07, 6.45) is 0. The van der Waals surface area contributed by atoms with Crippen LogP contribution in [0, 0.1) is 0 Å². The number of aliphatic hydroxyl groups is 1. The number of piperazine rings is 1. The molecular weight excluding hydrogens is 170 g/mol. The molecule has 0 atom stereocenters. The average Bonchev–Trinajstić information content (AvgIpc) is 2.17. The van der Waals surface area contributed by atoms with Gasteiger partial charge in [-0.15, -0.1) is 0 Å². The van der Waals surface area contributed by atoms with Crippen molar-refractivity contribution >= 4 is 0 Å². The molecule has 0 bridgehead atoms. The molecule has 0 radical (unpaired) electrons. The van der Waals surface area contributed by atoms with Gasteiger partial charge in [0.25, 0.3) is 0 Å². The summed E-state index contributed by atoms with van der Waals surface area (Å²) < 4.78 is 0. The van der Waals surface area contributed by atoms with Gasteiger partial charge in [-0.3, -0.25) is 9.74 Å². The normalized spacial score (nSPS) is 20.8. The van der Waals surface area contributed by atoms with E-state index < -0.39 is 0 Å². The van der Waals surface area contributed by atoms with E-state index in [4.69, 9.17) is 15.7 Å². The minimum absolute atomic E-state index is 0.240. The number of hydroxylamine groups is 2. The fourth-order valence-corrected chi connectivity index (χ4v) is 1.41. The smallest absolute Gasteiger partial charge is 0.0807 e. The first kappa shape index (κ1) is 10.9. The van der Waals surface area contributed by atoms with Crippen molar-refractivity contribution in [1.82, 2.24) is 9.96 Å². The van der Waals surface area contributed by atoms with Gasteiger partial charge in [0.15, 0.2) is 0 Å². The van der Waals surface area contributed by atoms with Crippen molar-refractivity contribution < 1.29 is 9.94 Å². The lowest BCUT2D eigenvalue weighted by Gasteiger charge is -2.33. The van der Waals surface area contributed by atoms with Gasteiger partial charge in [-0.25, -0.2) is 0 Å². The molecule has 0 unspecified atom stereocenters. The second kappa shape index (κ2) is 6.28. The Kier molecular flexibility index (Phi) is 5.26. The van der Waals surface area contributed by atoms with E-state index in [9.17, 15) is 0 Å². The predicted octanol–water partition coefficient (Wildman–Crippen LogP) is -1.51. The summed E-state index contributed by atoms with van der Waals surface area (Å²) in [5.41, 5.74) is 5.33. The van der Waals surface area contributed by atoms with Crippen LogP contribution in [-0.4, -0.2) is 67.6 Å². The van der Waals surface area contributed by atoms with Crippen molar-refractivity contribution in [3.8, 4) is 0 Å². The second-order valence-electron chi connectivity index (χ2n) is 3.12. The Morgan fingerprint density at radius 3 is 2.46 bits per heavy atom. The number of nitrogens with two attached hydrogens (primary N) is 1. The Morgan fingerprint density at radius 2 is 1.92 bits per heavy atom. The van der Waals surface area contributed by atoms with Crippen molar-refractivity contribution in [2.45, 2.75) is 0 Å². The molecule has 0 saturated carbocycles. The Bertz CT molecular complexity index is 127. The lowest BCUT2D eigenvalue weighted by atomic mass is 10.3. The number of nitrogens with zero attached hydrogens (tertiary/aromatic N) is 2. The van der Waals surface area contributed by atoms with Crippen LogP contribution in [0.25, 0.3) is 0 Å². The maximum Gasteiger partial charge on any atom is 0.0807 e. The average molecular weight is 189 g/mol. The highest BCUT2D eigenvalue weighted by Crippen LogP contribution is 2.00. The summed E-state index contributed by atoms with van der Waals surface area (Å²) >= 11 is 0. The molecule has 0 aromatic heterocycles. The van der Waals surface area contributed by atoms with Gasteiger partial charge in [0.1, 0.15) is 0 Å². The fourth-order valence-electron chi connectivity index (χ4n) is 1.41. The molecule has 5 heteroatoms. The van der Waals surface area contributed by atoms with E-state index in [1.807, 2.05) is 5.06 Å². The molecule has 1 rings (SSSR count). The number of hydrogen-bond donors (Lipinski definition) is 2. The second-order valence-corrected chi connectivity index (χ2v) is 3.12. The van der Waals surface area contributed by atoms with Crippen LogP contribution in [0.1, 0.15) is 0 Å². The lowest BCUT2D eigenvalue weighted by Crippen LogP contribution is -2.47. The van der Waals surface area contributed by atoms with Crippen molar-refractivity contribution in [2.24, 2.45) is 5.73 Å². The molecule has 5 nitrogen and oxygen atoms in total. The Morgan fingerprint density at radius 1 is 1.23 bits per heavy atom. The summed E-state index contributed by atoms with van der Waals surface area (Å²) in [6.45, 7) is 5.90. The van der Waals surface area contributed by atoms with E-state index in [1.165, 1.54) is 0 Å². The van der Waals surface area contributed by atoms with E-state index in [0.29, 0.717) is 13.2 Å². The maximum absolute atomic E-state index is 8.72. The quantitative estimate of drug-likeness (QED) is 0.550. The first-order valence-electron chi connectivity index (χ1n) is 4.78. The van der Waals surface area contributed by atoms with Gasteiger partial charge in [0.2, 0.25) is 0 Å². The van der Waals surface area contributed by atoms with E-state index in [-0.39, 0.29) is 6.61 Å². The molecule has 1 heterocycles. The predicted molar refractivity (Wildman–Crippen MR) is 50.1 cm³/mol. The summed E-state index contributed by atoms with van der Waals surface area (Å²) in [7, 11) is 0. The van der Waals surface area contributed by atoms with Crippen LogP contribution < -0.4 is 5.73 Å². The molecule has 0 aliphatic carbocycles. The highest BCUT2D eigenvalue weighted by molar-refractivity contribution is 4.66. The van der Waals surface area contributed by atoms with Gasteiger partial charge >= 0.3 is 0 Å². The van der Waals surface area contributed by atoms with Crippen LogP contribution >= 0.6 is 0 Å². The molecular formula is C8H19N3O2. The minimum Gasteiger partial charge on any atom is -0.395 e. The zero-order valence-electron chi connectivity index (χ0n) is 7.98. The van der Waals surface area contributed by atoms with Gasteiger partial charge in [0, 0.05) is 39.3 Å². The van der Waals surface area contributed by atoms with Crippen LogP contribution in [0.15, 0.2) is 0 Å². The molecule has 3 N–H and O–H groups in total. The standard InChI is InChI=1S/C8H19N3O2/c9-1-8-13-11-4-2-10(3-5-11)6-7-12/h12H,1-9H2.